The summed E-state index contributed by atoms with van der Waals surface area (Å²) in [6.45, 7) is 5.59. The van der Waals surface area contributed by atoms with Crippen molar-refractivity contribution in [1.29, 1.82) is 0 Å². The van der Waals surface area contributed by atoms with E-state index in [9.17, 15) is 0 Å². The molecule has 0 bridgehead atoms. The van der Waals surface area contributed by atoms with Crippen molar-refractivity contribution in [1.82, 2.24) is 19.9 Å². The highest BCUT2D eigenvalue weighted by Crippen LogP contribution is 2.20. The number of fused-ring (bicyclic) bond motifs is 1. The van der Waals surface area contributed by atoms with Crippen molar-refractivity contribution < 1.29 is 4.42 Å². The van der Waals surface area contributed by atoms with Gasteiger partial charge in [0, 0.05) is 35.6 Å². The molecule has 3 aromatic heterocycles. The third-order valence-electron chi connectivity index (χ3n) is 4.26. The molecule has 0 atom stereocenters. The number of aromatic nitrogens is 3. The van der Waals surface area contributed by atoms with Gasteiger partial charge in [0.15, 0.2) is 5.65 Å². The summed E-state index contributed by atoms with van der Waals surface area (Å²) in [6.07, 6.45) is 3.58. The van der Waals surface area contributed by atoms with E-state index in [0.29, 0.717) is 0 Å². The minimum Gasteiger partial charge on any atom is -0.464 e. The Morgan fingerprint density at radius 1 is 1.08 bits per heavy atom. The lowest BCUT2D eigenvalue weighted by Gasteiger charge is -2.06. The van der Waals surface area contributed by atoms with E-state index in [-0.39, 0.29) is 0 Å². The van der Waals surface area contributed by atoms with E-state index in [4.69, 9.17) is 4.42 Å². The average molecular weight is 332 g/mol. The number of furan rings is 1. The van der Waals surface area contributed by atoms with E-state index < -0.39 is 0 Å². The van der Waals surface area contributed by atoms with Gasteiger partial charge in [-0.1, -0.05) is 24.3 Å². The highest BCUT2D eigenvalue weighted by Gasteiger charge is 2.08. The molecule has 4 rings (SSSR count). The van der Waals surface area contributed by atoms with Crippen LogP contribution in [0.2, 0.25) is 0 Å². The van der Waals surface area contributed by atoms with Crippen LogP contribution in [0.25, 0.3) is 17.0 Å². The number of aryl methyl sites for hydroxylation is 2. The van der Waals surface area contributed by atoms with Crippen molar-refractivity contribution in [3.63, 3.8) is 0 Å². The van der Waals surface area contributed by atoms with Crippen LogP contribution in [0.1, 0.15) is 22.5 Å². The third kappa shape index (κ3) is 3.19. The van der Waals surface area contributed by atoms with Crippen LogP contribution < -0.4 is 5.32 Å². The number of rotatable bonds is 5. The minimum atomic E-state index is 0.735. The number of nitrogens with one attached hydrogen (secondary N) is 1. The maximum atomic E-state index is 5.42. The van der Waals surface area contributed by atoms with Gasteiger partial charge >= 0.3 is 0 Å². The highest BCUT2D eigenvalue weighted by molar-refractivity contribution is 5.57. The lowest BCUT2D eigenvalue weighted by atomic mass is 10.1. The lowest BCUT2D eigenvalue weighted by Crippen LogP contribution is -2.12. The first kappa shape index (κ1) is 15.6. The molecule has 0 amide bonds. The Hall–Kier alpha value is -2.92. The van der Waals surface area contributed by atoms with Crippen molar-refractivity contribution in [3.05, 3.63) is 77.4 Å². The maximum absolute atomic E-state index is 5.42. The molecule has 0 saturated carbocycles. The van der Waals surface area contributed by atoms with Gasteiger partial charge in [-0.15, -0.1) is 0 Å². The quantitative estimate of drug-likeness (QED) is 0.602. The van der Waals surface area contributed by atoms with Crippen molar-refractivity contribution in [3.8, 4) is 11.3 Å². The molecule has 5 nitrogen and oxygen atoms in total. The van der Waals surface area contributed by atoms with E-state index >= 15 is 0 Å². The summed E-state index contributed by atoms with van der Waals surface area (Å²) < 4.78 is 7.31. The highest BCUT2D eigenvalue weighted by atomic mass is 16.3. The van der Waals surface area contributed by atoms with E-state index in [2.05, 4.69) is 39.7 Å². The molecule has 0 aliphatic heterocycles. The van der Waals surface area contributed by atoms with E-state index in [1.807, 2.05) is 42.8 Å². The molecule has 0 aliphatic rings. The molecule has 126 valence electrons. The molecule has 0 aliphatic carbocycles. The van der Waals surface area contributed by atoms with Crippen LogP contribution in [0.15, 0.2) is 59.3 Å². The molecule has 1 aromatic carbocycles. The molecule has 0 saturated heterocycles. The summed E-state index contributed by atoms with van der Waals surface area (Å²) in [7, 11) is 0. The Bertz CT molecular complexity index is 985. The van der Waals surface area contributed by atoms with Crippen LogP contribution >= 0.6 is 0 Å². The van der Waals surface area contributed by atoms with Crippen LogP contribution in [-0.2, 0) is 13.1 Å². The van der Waals surface area contributed by atoms with Gasteiger partial charge in [-0.2, -0.15) is 5.10 Å². The molecular weight excluding hydrogens is 312 g/mol. The predicted octanol–water partition coefficient (Wildman–Crippen LogP) is 3.90. The molecule has 25 heavy (non-hydrogen) atoms. The molecule has 1 N–H and O–H groups in total. The Labute approximate surface area is 146 Å². The van der Waals surface area contributed by atoms with Gasteiger partial charge < -0.3 is 9.73 Å². The van der Waals surface area contributed by atoms with Crippen LogP contribution in [0.5, 0.6) is 0 Å². The Balaban J connectivity index is 1.43. The lowest BCUT2D eigenvalue weighted by molar-refractivity contribution is 0.582. The second-order valence-corrected chi connectivity index (χ2v) is 6.22. The van der Waals surface area contributed by atoms with Gasteiger partial charge in [0.05, 0.1) is 12.5 Å². The first-order valence-corrected chi connectivity index (χ1v) is 8.35. The monoisotopic (exact) mass is 332 g/mol. The zero-order valence-electron chi connectivity index (χ0n) is 14.4. The molecular formula is C20H20N4O. The van der Waals surface area contributed by atoms with Gasteiger partial charge in [0.1, 0.15) is 5.76 Å². The van der Waals surface area contributed by atoms with E-state index in [0.717, 1.165) is 47.0 Å². The van der Waals surface area contributed by atoms with Gasteiger partial charge in [0.25, 0.3) is 0 Å². The molecule has 3 heterocycles. The first-order valence-electron chi connectivity index (χ1n) is 8.35. The predicted molar refractivity (Wildman–Crippen MR) is 97.1 cm³/mol. The summed E-state index contributed by atoms with van der Waals surface area (Å²) in [5.41, 5.74) is 6.47. The Kier molecular flexibility index (Phi) is 4.07. The molecule has 0 fully saturated rings. The molecule has 0 radical (unpaired) electrons. The average Bonchev–Trinajstić information content (AvgIpc) is 3.26. The first-order chi connectivity index (χ1) is 12.2. The number of benzene rings is 1. The summed E-state index contributed by atoms with van der Waals surface area (Å²) in [5.74, 6) is 0.891. The van der Waals surface area contributed by atoms with Crippen LogP contribution in [0, 0.1) is 13.8 Å². The standard InChI is InChI=1S/C20H20N4O/c1-14-10-15(2)24-20(23-14)18(13-22-24)12-21-11-16-5-7-17(8-6-16)19-4-3-9-25-19/h3-10,13,21H,11-12H2,1-2H3. The minimum absolute atomic E-state index is 0.735. The number of hydrogen-bond acceptors (Lipinski definition) is 4. The van der Waals surface area contributed by atoms with E-state index in [1.165, 1.54) is 5.56 Å². The number of hydrogen-bond donors (Lipinski definition) is 1. The largest absolute Gasteiger partial charge is 0.464 e. The topological polar surface area (TPSA) is 55.4 Å². The number of nitrogens with zero attached hydrogens (tertiary/aromatic N) is 3. The Morgan fingerprint density at radius 2 is 1.92 bits per heavy atom. The summed E-state index contributed by atoms with van der Waals surface area (Å²) in [6, 6.07) is 14.3. The molecule has 0 spiro atoms. The fourth-order valence-corrected chi connectivity index (χ4v) is 3.01. The zero-order chi connectivity index (χ0) is 17.2. The smallest absolute Gasteiger partial charge is 0.159 e. The van der Waals surface area contributed by atoms with Crippen molar-refractivity contribution in [2.24, 2.45) is 0 Å². The summed E-state index contributed by atoms with van der Waals surface area (Å²) in [5, 5.41) is 7.90. The van der Waals surface area contributed by atoms with Crippen LogP contribution in [-0.4, -0.2) is 14.6 Å². The van der Waals surface area contributed by atoms with Crippen molar-refractivity contribution in [2.75, 3.05) is 0 Å². The van der Waals surface area contributed by atoms with Gasteiger partial charge in [0.2, 0.25) is 0 Å². The molecule has 4 aromatic rings. The van der Waals surface area contributed by atoms with Crippen molar-refractivity contribution >= 4 is 5.65 Å². The van der Waals surface area contributed by atoms with Crippen LogP contribution in [0.4, 0.5) is 0 Å². The van der Waals surface area contributed by atoms with E-state index in [1.54, 1.807) is 6.26 Å². The fraction of sp³-hybridized carbons (Fsp3) is 0.200. The second kappa shape index (κ2) is 6.53. The van der Waals surface area contributed by atoms with Gasteiger partial charge in [-0.05, 0) is 37.6 Å². The summed E-state index contributed by atoms with van der Waals surface area (Å²) >= 11 is 0. The van der Waals surface area contributed by atoms with Crippen molar-refractivity contribution in [2.45, 2.75) is 26.9 Å². The Morgan fingerprint density at radius 3 is 2.68 bits per heavy atom. The maximum Gasteiger partial charge on any atom is 0.159 e. The molecule has 5 heteroatoms. The fourth-order valence-electron chi connectivity index (χ4n) is 3.01. The third-order valence-corrected chi connectivity index (χ3v) is 4.26. The SMILES string of the molecule is Cc1cc(C)n2ncc(CNCc3ccc(-c4ccco4)cc3)c2n1. The second-order valence-electron chi connectivity index (χ2n) is 6.22. The summed E-state index contributed by atoms with van der Waals surface area (Å²) in [4.78, 5) is 4.61. The molecule has 0 unspecified atom stereocenters. The van der Waals surface area contributed by atoms with Crippen LogP contribution in [0.3, 0.4) is 0 Å². The van der Waals surface area contributed by atoms with Gasteiger partial charge in [-0.25, -0.2) is 9.50 Å². The normalized spacial score (nSPS) is 11.3. The van der Waals surface area contributed by atoms with Gasteiger partial charge in [-0.3, -0.25) is 0 Å². The zero-order valence-corrected chi connectivity index (χ0v) is 14.4.